The van der Waals surface area contributed by atoms with E-state index in [1.54, 1.807) is 11.3 Å². The number of aromatic nitrogens is 3. The topological polar surface area (TPSA) is 38.7 Å². The Morgan fingerprint density at radius 1 is 0.273 bits per heavy atom. The molecule has 0 spiro atoms. The van der Waals surface area contributed by atoms with Crippen LogP contribution in [0.15, 0.2) is 200 Å². The minimum absolute atomic E-state index is 0.637. The van der Waals surface area contributed by atoms with E-state index in [2.05, 4.69) is 194 Å². The van der Waals surface area contributed by atoms with Gasteiger partial charge in [0.25, 0.3) is 0 Å². The Bertz CT molecular complexity index is 2970. The summed E-state index contributed by atoms with van der Waals surface area (Å²) < 4.78 is 2.42. The second kappa shape index (κ2) is 14.1. The summed E-state index contributed by atoms with van der Waals surface area (Å²) in [5.41, 5.74) is 12.1. The van der Waals surface area contributed by atoms with Gasteiger partial charge in [-0.1, -0.05) is 170 Å². The van der Waals surface area contributed by atoms with Gasteiger partial charge in [-0.25, -0.2) is 15.0 Å². The predicted molar refractivity (Wildman–Crippen MR) is 231 cm³/mol. The van der Waals surface area contributed by atoms with Crippen molar-refractivity contribution in [1.29, 1.82) is 0 Å². The Labute approximate surface area is 323 Å². The van der Waals surface area contributed by atoms with Gasteiger partial charge in [0.1, 0.15) is 0 Å². The molecule has 0 radical (unpaired) electrons. The van der Waals surface area contributed by atoms with Crippen molar-refractivity contribution in [2.45, 2.75) is 0 Å². The fourth-order valence-electron chi connectivity index (χ4n) is 7.35. The van der Waals surface area contributed by atoms with Gasteiger partial charge in [0.15, 0.2) is 17.5 Å². The maximum absolute atomic E-state index is 5.22. The normalized spacial score (nSPS) is 11.3. The molecule has 0 amide bonds. The van der Waals surface area contributed by atoms with Gasteiger partial charge in [-0.05, 0) is 74.8 Å². The average molecular weight is 720 g/mol. The smallest absolute Gasteiger partial charge is 0.165 e. The van der Waals surface area contributed by atoms with Crippen LogP contribution in [-0.4, -0.2) is 15.0 Å². The minimum atomic E-state index is 0.637. The zero-order valence-electron chi connectivity index (χ0n) is 29.8. The van der Waals surface area contributed by atoms with Crippen LogP contribution in [0.1, 0.15) is 0 Å². The average Bonchev–Trinajstić information content (AvgIpc) is 3.66. The third kappa shape index (κ3) is 6.39. The van der Waals surface area contributed by atoms with E-state index < -0.39 is 0 Å². The van der Waals surface area contributed by atoms with E-state index in [0.717, 1.165) is 38.9 Å². The molecule has 3 nitrogen and oxygen atoms in total. The molecule has 10 rings (SSSR count). The lowest BCUT2D eigenvalue weighted by Crippen LogP contribution is -2.00. The van der Waals surface area contributed by atoms with Gasteiger partial charge in [0.2, 0.25) is 0 Å². The van der Waals surface area contributed by atoms with E-state index >= 15 is 0 Å². The highest BCUT2D eigenvalue weighted by molar-refractivity contribution is 7.26. The van der Waals surface area contributed by atoms with E-state index in [-0.39, 0.29) is 0 Å². The minimum Gasteiger partial charge on any atom is -0.208 e. The number of rotatable bonds is 7. The molecule has 258 valence electrons. The molecular weight excluding hydrogens is 687 g/mol. The van der Waals surface area contributed by atoms with Crippen molar-refractivity contribution < 1.29 is 0 Å². The van der Waals surface area contributed by atoms with E-state index in [4.69, 9.17) is 15.0 Å². The van der Waals surface area contributed by atoms with Gasteiger partial charge in [-0.15, -0.1) is 11.3 Å². The number of hydrogen-bond acceptors (Lipinski definition) is 4. The van der Waals surface area contributed by atoms with E-state index in [0.29, 0.717) is 17.5 Å². The standard InChI is InChI=1S/C51H33N3S/c1-3-13-34(14-4-1)36-27-29-37(30-28-36)38-17-9-19-40(31-38)41-20-11-22-43(33-41)50-52-49(42-21-10-18-39(32-42)35-15-5-2-6-16-35)53-51(54-50)46-25-12-24-45-44-23-7-8-26-47(44)55-48(45)46/h1-33H. The lowest BCUT2D eigenvalue weighted by molar-refractivity contribution is 1.08. The molecule has 0 N–H and O–H groups in total. The van der Waals surface area contributed by atoms with E-state index in [1.165, 1.54) is 42.4 Å². The molecule has 0 fully saturated rings. The number of nitrogens with zero attached hydrogens (tertiary/aromatic N) is 3. The van der Waals surface area contributed by atoms with Crippen molar-refractivity contribution in [2.75, 3.05) is 0 Å². The molecule has 0 aliphatic heterocycles. The first-order valence-electron chi connectivity index (χ1n) is 18.4. The third-order valence-electron chi connectivity index (χ3n) is 10.2. The molecule has 55 heavy (non-hydrogen) atoms. The van der Waals surface area contributed by atoms with Crippen LogP contribution in [0.3, 0.4) is 0 Å². The van der Waals surface area contributed by atoms with E-state index in [1.807, 2.05) is 6.07 Å². The molecule has 0 bridgehead atoms. The summed E-state index contributed by atoms with van der Waals surface area (Å²) in [7, 11) is 0. The molecule has 0 unspecified atom stereocenters. The SMILES string of the molecule is c1ccc(-c2ccc(-c3cccc(-c4cccc(-c5nc(-c6cccc(-c7ccccc7)c6)nc(-c6cccc7c6sc6ccccc67)n5)c4)c3)cc2)cc1. The van der Waals surface area contributed by atoms with Crippen LogP contribution in [0, 0.1) is 0 Å². The van der Waals surface area contributed by atoms with Crippen molar-refractivity contribution in [2.24, 2.45) is 0 Å². The molecule has 2 aromatic heterocycles. The van der Waals surface area contributed by atoms with Crippen molar-refractivity contribution >= 4 is 31.5 Å². The summed E-state index contributed by atoms with van der Waals surface area (Å²) in [5, 5.41) is 2.46. The zero-order valence-corrected chi connectivity index (χ0v) is 30.6. The Balaban J connectivity index is 1.08. The Hall–Kier alpha value is -7.01. The quantitative estimate of drug-likeness (QED) is 0.165. The Morgan fingerprint density at radius 3 is 1.25 bits per heavy atom. The van der Waals surface area contributed by atoms with Crippen molar-refractivity contribution in [3.05, 3.63) is 200 Å². The summed E-state index contributed by atoms with van der Waals surface area (Å²) in [6.45, 7) is 0. The van der Waals surface area contributed by atoms with Crippen LogP contribution < -0.4 is 0 Å². The maximum Gasteiger partial charge on any atom is 0.165 e. The first kappa shape index (κ1) is 32.6. The molecule has 10 aromatic rings. The number of benzene rings is 8. The molecular formula is C51H33N3S. The van der Waals surface area contributed by atoms with Gasteiger partial charge < -0.3 is 0 Å². The second-order valence-corrected chi connectivity index (χ2v) is 14.7. The highest BCUT2D eigenvalue weighted by atomic mass is 32.1. The van der Waals surface area contributed by atoms with Gasteiger partial charge in [0.05, 0.1) is 0 Å². The summed E-state index contributed by atoms with van der Waals surface area (Å²) in [4.78, 5) is 15.6. The maximum atomic E-state index is 5.22. The lowest BCUT2D eigenvalue weighted by Gasteiger charge is -2.11. The third-order valence-corrected chi connectivity index (χ3v) is 11.4. The predicted octanol–water partition coefficient (Wildman–Crippen LogP) is 13.9. The fourth-order valence-corrected chi connectivity index (χ4v) is 8.56. The number of thiophene rings is 1. The summed E-state index contributed by atoms with van der Waals surface area (Å²) in [6.07, 6.45) is 0. The first-order chi connectivity index (χ1) is 27.2. The summed E-state index contributed by atoms with van der Waals surface area (Å²) in [6, 6.07) is 70.5. The van der Waals surface area contributed by atoms with Crippen LogP contribution in [0.4, 0.5) is 0 Å². The highest BCUT2D eigenvalue weighted by Gasteiger charge is 2.17. The number of fused-ring (bicyclic) bond motifs is 3. The zero-order chi connectivity index (χ0) is 36.6. The molecule has 2 heterocycles. The van der Waals surface area contributed by atoms with Gasteiger partial charge in [-0.3, -0.25) is 0 Å². The highest BCUT2D eigenvalue weighted by Crippen LogP contribution is 2.40. The fraction of sp³-hybridized carbons (Fsp3) is 0. The van der Waals surface area contributed by atoms with Crippen LogP contribution in [-0.2, 0) is 0 Å². The second-order valence-electron chi connectivity index (χ2n) is 13.6. The number of hydrogen-bond donors (Lipinski definition) is 0. The van der Waals surface area contributed by atoms with Crippen molar-refractivity contribution in [3.63, 3.8) is 0 Å². The summed E-state index contributed by atoms with van der Waals surface area (Å²) >= 11 is 1.78. The molecule has 0 atom stereocenters. The molecule has 0 aliphatic rings. The van der Waals surface area contributed by atoms with Gasteiger partial charge >= 0.3 is 0 Å². The lowest BCUT2D eigenvalue weighted by atomic mass is 9.96. The van der Waals surface area contributed by atoms with Crippen LogP contribution in [0.2, 0.25) is 0 Å². The first-order valence-corrected chi connectivity index (χ1v) is 19.2. The van der Waals surface area contributed by atoms with Crippen LogP contribution >= 0.6 is 11.3 Å². The van der Waals surface area contributed by atoms with Gasteiger partial charge in [-0.2, -0.15) is 0 Å². The molecule has 4 heteroatoms. The Kier molecular flexibility index (Phi) is 8.36. The summed E-state index contributed by atoms with van der Waals surface area (Å²) in [5.74, 6) is 1.94. The van der Waals surface area contributed by atoms with Crippen LogP contribution in [0.5, 0.6) is 0 Å². The van der Waals surface area contributed by atoms with Crippen LogP contribution in [0.25, 0.3) is 98.8 Å². The largest absolute Gasteiger partial charge is 0.208 e. The molecule has 0 saturated carbocycles. The Morgan fingerprint density at radius 2 is 0.655 bits per heavy atom. The van der Waals surface area contributed by atoms with Crippen molar-refractivity contribution in [3.8, 4) is 78.7 Å². The molecule has 0 saturated heterocycles. The van der Waals surface area contributed by atoms with Crippen molar-refractivity contribution in [1.82, 2.24) is 15.0 Å². The molecule has 0 aliphatic carbocycles. The van der Waals surface area contributed by atoms with Gasteiger partial charge in [0, 0.05) is 36.9 Å². The monoisotopic (exact) mass is 719 g/mol. The molecule has 8 aromatic carbocycles. The van der Waals surface area contributed by atoms with E-state index in [9.17, 15) is 0 Å².